The molecule has 2 aromatic carbocycles. The zero-order valence-electron chi connectivity index (χ0n) is 17.1. The van der Waals surface area contributed by atoms with E-state index in [0.717, 1.165) is 16.4 Å². The van der Waals surface area contributed by atoms with Crippen molar-refractivity contribution in [2.75, 3.05) is 18.0 Å². The van der Waals surface area contributed by atoms with Crippen LogP contribution in [0.3, 0.4) is 0 Å². The van der Waals surface area contributed by atoms with Gasteiger partial charge in [-0.2, -0.15) is 0 Å². The van der Waals surface area contributed by atoms with E-state index in [2.05, 4.69) is 4.90 Å². The highest BCUT2D eigenvalue weighted by Gasteiger charge is 2.33. The maximum absolute atomic E-state index is 13.2. The highest BCUT2D eigenvalue weighted by Crippen LogP contribution is 2.34. The Hall–Kier alpha value is -1.02. The van der Waals surface area contributed by atoms with Crippen LogP contribution in [0.1, 0.15) is 29.7 Å². The van der Waals surface area contributed by atoms with Crippen LogP contribution in [0.15, 0.2) is 40.6 Å². The van der Waals surface area contributed by atoms with Crippen molar-refractivity contribution in [2.24, 2.45) is 0 Å². The average Bonchev–Trinajstić information content (AvgIpc) is 3.18. The van der Waals surface area contributed by atoms with Gasteiger partial charge in [0.15, 0.2) is 15.0 Å². The second-order valence-electron chi connectivity index (χ2n) is 7.84. The monoisotopic (exact) mass is 548 g/mol. The minimum absolute atomic E-state index is 0.163. The Labute approximate surface area is 212 Å². The lowest BCUT2D eigenvalue weighted by Gasteiger charge is -2.31. The summed E-state index contributed by atoms with van der Waals surface area (Å²) in [5.74, 6) is 0. The Morgan fingerprint density at radius 3 is 2.31 bits per heavy atom. The molecule has 1 aliphatic heterocycles. The topological polar surface area (TPSA) is 50.3 Å². The summed E-state index contributed by atoms with van der Waals surface area (Å²) in [6, 6.07) is 8.54. The van der Waals surface area contributed by atoms with Crippen LogP contribution in [0.25, 0.3) is 0 Å². The van der Waals surface area contributed by atoms with Crippen LogP contribution in [0.5, 0.6) is 0 Å². The lowest BCUT2D eigenvalue weighted by molar-refractivity contribution is 0.529. The largest absolute Gasteiger partial charge is 0.348 e. The summed E-state index contributed by atoms with van der Waals surface area (Å²) in [5.41, 5.74) is 2.63. The van der Waals surface area contributed by atoms with E-state index in [0.29, 0.717) is 53.0 Å². The number of hydrogen-bond acceptors (Lipinski definition) is 5. The van der Waals surface area contributed by atoms with Crippen molar-refractivity contribution < 1.29 is 8.42 Å². The molecule has 32 heavy (non-hydrogen) atoms. The Morgan fingerprint density at radius 2 is 1.66 bits per heavy atom. The first-order valence-corrected chi connectivity index (χ1v) is 13.9. The van der Waals surface area contributed by atoms with Crippen molar-refractivity contribution in [2.45, 2.75) is 36.3 Å². The third kappa shape index (κ3) is 5.21. The van der Waals surface area contributed by atoms with Crippen LogP contribution >= 0.6 is 57.7 Å². The molecule has 1 aromatic heterocycles. The van der Waals surface area contributed by atoms with Crippen LogP contribution in [0.2, 0.25) is 20.1 Å². The Kier molecular flexibility index (Phi) is 7.30. The summed E-state index contributed by atoms with van der Waals surface area (Å²) >= 11 is 26.0. The van der Waals surface area contributed by atoms with E-state index in [9.17, 15) is 8.42 Å². The summed E-state index contributed by atoms with van der Waals surface area (Å²) < 4.78 is 26.4. The van der Waals surface area contributed by atoms with E-state index in [-0.39, 0.29) is 9.92 Å². The number of aryl methyl sites for hydroxylation is 1. The smallest absolute Gasteiger partial charge is 0.185 e. The summed E-state index contributed by atoms with van der Waals surface area (Å²) in [6.45, 7) is 3.01. The number of anilines is 1. The number of nitrogens with zero attached hydrogens (tertiary/aromatic N) is 2. The van der Waals surface area contributed by atoms with E-state index in [1.54, 1.807) is 30.4 Å². The molecule has 10 heteroatoms. The molecule has 0 amide bonds. The van der Waals surface area contributed by atoms with E-state index in [1.807, 2.05) is 17.5 Å². The minimum atomic E-state index is -3.54. The maximum atomic E-state index is 13.2. The van der Waals surface area contributed by atoms with Crippen molar-refractivity contribution in [1.29, 1.82) is 0 Å². The number of piperidine rings is 1. The number of halogens is 4. The van der Waals surface area contributed by atoms with Gasteiger partial charge in [0, 0.05) is 40.0 Å². The van der Waals surface area contributed by atoms with Gasteiger partial charge in [-0.25, -0.2) is 13.4 Å². The fourth-order valence-electron chi connectivity index (χ4n) is 3.83. The van der Waals surface area contributed by atoms with Gasteiger partial charge in [-0.3, -0.25) is 0 Å². The van der Waals surface area contributed by atoms with Gasteiger partial charge in [0.05, 0.1) is 20.9 Å². The van der Waals surface area contributed by atoms with Gasteiger partial charge in [-0.1, -0.05) is 46.4 Å². The van der Waals surface area contributed by atoms with Crippen LogP contribution in [0, 0.1) is 6.92 Å². The number of aromatic nitrogens is 1. The molecule has 170 valence electrons. The van der Waals surface area contributed by atoms with E-state index < -0.39 is 15.1 Å². The fraction of sp³-hybridized carbons (Fsp3) is 0.318. The van der Waals surface area contributed by atoms with E-state index in [1.165, 1.54) is 6.07 Å². The third-order valence-electron chi connectivity index (χ3n) is 5.52. The molecule has 0 spiro atoms. The molecule has 0 N–H and O–H groups in total. The van der Waals surface area contributed by atoms with Crippen LogP contribution in [-0.2, 0) is 16.3 Å². The van der Waals surface area contributed by atoms with Crippen LogP contribution < -0.4 is 4.90 Å². The molecule has 0 radical (unpaired) electrons. The predicted molar refractivity (Wildman–Crippen MR) is 135 cm³/mol. The van der Waals surface area contributed by atoms with Crippen molar-refractivity contribution in [3.63, 3.8) is 0 Å². The summed E-state index contributed by atoms with van der Waals surface area (Å²) in [6.07, 6.45) is 1.66. The SMILES string of the molecule is Cc1cc(S(=O)(=O)C2CCN(c3nc(Cc4cc(Cl)cc(Cl)c4)cs3)CC2)c(Cl)cc1Cl. The zero-order chi connectivity index (χ0) is 23.0. The lowest BCUT2D eigenvalue weighted by Crippen LogP contribution is -2.39. The molecule has 2 heterocycles. The quantitative estimate of drug-likeness (QED) is 0.340. The normalized spacial score (nSPS) is 15.3. The second-order valence-corrected chi connectivity index (χ2v) is 12.6. The Bertz CT molecular complexity index is 1230. The van der Waals surface area contributed by atoms with E-state index >= 15 is 0 Å². The van der Waals surface area contributed by atoms with Crippen LogP contribution in [-0.4, -0.2) is 31.7 Å². The van der Waals surface area contributed by atoms with Gasteiger partial charge in [0.2, 0.25) is 0 Å². The molecule has 1 saturated heterocycles. The average molecular weight is 550 g/mol. The first-order valence-electron chi connectivity index (χ1n) is 9.97. The Morgan fingerprint density at radius 1 is 1.00 bits per heavy atom. The first-order chi connectivity index (χ1) is 15.1. The molecule has 1 fully saturated rings. The molecule has 0 unspecified atom stereocenters. The van der Waals surface area contributed by atoms with Crippen molar-refractivity contribution >= 4 is 72.7 Å². The predicted octanol–water partition coefficient (Wildman–Crippen LogP) is 7.10. The van der Waals surface area contributed by atoms with Crippen molar-refractivity contribution in [3.8, 4) is 0 Å². The van der Waals surface area contributed by atoms with Gasteiger partial charge in [0.25, 0.3) is 0 Å². The number of rotatable bonds is 5. The number of benzene rings is 2. The molecule has 1 aliphatic rings. The number of thiazole rings is 1. The standard InChI is InChI=1S/C22H20Cl4N2O2S2/c1-13-6-21(20(26)11-19(13)25)32(29,30)18-2-4-28(5-3-18)22-27-17(12-31-22)9-14-7-15(23)10-16(24)8-14/h6-8,10-12,18H,2-5,9H2,1H3. The highest BCUT2D eigenvalue weighted by atomic mass is 35.5. The maximum Gasteiger partial charge on any atom is 0.185 e. The summed E-state index contributed by atoms with van der Waals surface area (Å²) in [7, 11) is -3.54. The molecule has 0 aliphatic carbocycles. The molecule has 3 aromatic rings. The molecule has 4 nitrogen and oxygen atoms in total. The Balaban J connectivity index is 1.43. The zero-order valence-corrected chi connectivity index (χ0v) is 21.8. The van der Waals surface area contributed by atoms with Crippen molar-refractivity contribution in [3.05, 3.63) is 72.6 Å². The first kappa shape index (κ1) is 24.1. The second kappa shape index (κ2) is 9.69. The lowest BCUT2D eigenvalue weighted by atomic mass is 10.1. The fourth-order valence-corrected chi connectivity index (χ4v) is 7.85. The van der Waals surface area contributed by atoms with Crippen molar-refractivity contribution in [1.82, 2.24) is 4.98 Å². The summed E-state index contributed by atoms with van der Waals surface area (Å²) in [4.78, 5) is 7.04. The minimum Gasteiger partial charge on any atom is -0.348 e. The highest BCUT2D eigenvalue weighted by molar-refractivity contribution is 7.92. The van der Waals surface area contributed by atoms with Gasteiger partial charge in [-0.05, 0) is 61.2 Å². The molecular formula is C22H20Cl4N2O2S2. The van der Waals surface area contributed by atoms with Gasteiger partial charge < -0.3 is 4.90 Å². The summed E-state index contributed by atoms with van der Waals surface area (Å²) in [5, 5.41) is 4.26. The number of hydrogen-bond donors (Lipinski definition) is 0. The third-order valence-corrected chi connectivity index (χ3v) is 10.0. The van der Waals surface area contributed by atoms with Crippen LogP contribution in [0.4, 0.5) is 5.13 Å². The number of sulfone groups is 1. The van der Waals surface area contributed by atoms with E-state index in [4.69, 9.17) is 51.4 Å². The molecule has 0 atom stereocenters. The molecular weight excluding hydrogens is 530 g/mol. The molecule has 0 saturated carbocycles. The van der Waals surface area contributed by atoms with Gasteiger partial charge >= 0.3 is 0 Å². The van der Waals surface area contributed by atoms with Gasteiger partial charge in [-0.15, -0.1) is 11.3 Å². The van der Waals surface area contributed by atoms with Gasteiger partial charge in [0.1, 0.15) is 0 Å². The molecule has 0 bridgehead atoms. The molecule has 4 rings (SSSR count).